The molecule has 0 spiro atoms. The van der Waals surface area contributed by atoms with E-state index in [1.807, 2.05) is 18.2 Å². The Morgan fingerprint density at radius 3 is 3.21 bits per heavy atom. The van der Waals surface area contributed by atoms with E-state index in [0.717, 1.165) is 18.7 Å². The number of carbonyl (C=O) groups is 1. The van der Waals surface area contributed by atoms with Crippen molar-refractivity contribution in [1.82, 2.24) is 5.32 Å². The molecular formula is C14H18N2O3. The molecule has 2 aliphatic rings. The van der Waals surface area contributed by atoms with Crippen molar-refractivity contribution in [3.05, 3.63) is 29.3 Å². The normalized spacial score (nSPS) is 21.6. The predicted octanol–water partition coefficient (Wildman–Crippen LogP) is 0.800. The molecule has 0 aliphatic carbocycles. The molecule has 1 aromatic rings. The Morgan fingerprint density at radius 2 is 2.37 bits per heavy atom. The van der Waals surface area contributed by atoms with Crippen molar-refractivity contribution >= 4 is 11.6 Å². The Bertz CT molecular complexity index is 470. The molecule has 19 heavy (non-hydrogen) atoms. The Labute approximate surface area is 112 Å². The van der Waals surface area contributed by atoms with Gasteiger partial charge in [0.1, 0.15) is 0 Å². The van der Waals surface area contributed by atoms with Crippen LogP contribution in [0.3, 0.4) is 0 Å². The largest absolute Gasteiger partial charge is 0.384 e. The molecule has 1 fully saturated rings. The van der Waals surface area contributed by atoms with E-state index in [9.17, 15) is 4.79 Å². The number of fused-ring (bicyclic) bond motifs is 1. The maximum atomic E-state index is 12.1. The van der Waals surface area contributed by atoms with Gasteiger partial charge in [-0.2, -0.15) is 0 Å². The molecule has 0 bridgehead atoms. The molecule has 2 heterocycles. The number of anilines is 1. The van der Waals surface area contributed by atoms with Gasteiger partial charge in [-0.1, -0.05) is 0 Å². The summed E-state index contributed by atoms with van der Waals surface area (Å²) in [6, 6.07) is 5.78. The maximum Gasteiger partial charge on any atom is 0.251 e. The van der Waals surface area contributed by atoms with Crippen molar-refractivity contribution in [1.29, 1.82) is 0 Å². The second-order valence-electron chi connectivity index (χ2n) is 4.83. The lowest BCUT2D eigenvalue weighted by Crippen LogP contribution is -2.39. The van der Waals surface area contributed by atoms with Crippen LogP contribution in [-0.4, -0.2) is 44.9 Å². The van der Waals surface area contributed by atoms with Gasteiger partial charge in [-0.05, 0) is 30.2 Å². The SMILES string of the molecule is O=C(NCC1COCCO1)c1ccc2c(c1)CCN2. The molecule has 1 amide bonds. The van der Waals surface area contributed by atoms with E-state index in [1.165, 1.54) is 5.56 Å². The van der Waals surface area contributed by atoms with Crippen LogP contribution in [0.5, 0.6) is 0 Å². The van der Waals surface area contributed by atoms with Crippen LogP contribution >= 0.6 is 0 Å². The Balaban J connectivity index is 1.57. The van der Waals surface area contributed by atoms with Gasteiger partial charge in [0.05, 0.1) is 25.9 Å². The number of rotatable bonds is 3. The number of ether oxygens (including phenoxy) is 2. The van der Waals surface area contributed by atoms with Crippen molar-refractivity contribution in [2.75, 3.05) is 38.2 Å². The average Bonchev–Trinajstić information content (AvgIpc) is 2.93. The first-order valence-corrected chi connectivity index (χ1v) is 6.67. The van der Waals surface area contributed by atoms with Crippen LogP contribution in [0.2, 0.25) is 0 Å². The van der Waals surface area contributed by atoms with Crippen LogP contribution in [-0.2, 0) is 15.9 Å². The molecule has 1 saturated heterocycles. The molecule has 0 saturated carbocycles. The van der Waals surface area contributed by atoms with Crippen molar-refractivity contribution < 1.29 is 14.3 Å². The summed E-state index contributed by atoms with van der Waals surface area (Å²) in [7, 11) is 0. The van der Waals surface area contributed by atoms with Crippen LogP contribution < -0.4 is 10.6 Å². The van der Waals surface area contributed by atoms with Gasteiger partial charge >= 0.3 is 0 Å². The fourth-order valence-electron chi connectivity index (χ4n) is 2.41. The van der Waals surface area contributed by atoms with Crippen LogP contribution in [0, 0.1) is 0 Å². The standard InChI is InChI=1S/C14H18N2O3/c17-14(16-8-12-9-18-5-6-19-12)11-1-2-13-10(7-11)3-4-15-13/h1-2,7,12,15H,3-6,8-9H2,(H,16,17). The highest BCUT2D eigenvalue weighted by atomic mass is 16.6. The summed E-state index contributed by atoms with van der Waals surface area (Å²) >= 11 is 0. The second kappa shape index (κ2) is 5.59. The van der Waals surface area contributed by atoms with Crippen LogP contribution in [0.1, 0.15) is 15.9 Å². The zero-order valence-electron chi connectivity index (χ0n) is 10.8. The summed E-state index contributed by atoms with van der Waals surface area (Å²) in [4.78, 5) is 12.1. The lowest BCUT2D eigenvalue weighted by molar-refractivity contribution is -0.0855. The Hall–Kier alpha value is -1.59. The molecule has 2 N–H and O–H groups in total. The summed E-state index contributed by atoms with van der Waals surface area (Å²) in [6.45, 7) is 3.24. The topological polar surface area (TPSA) is 59.6 Å². The number of hydrogen-bond acceptors (Lipinski definition) is 4. The molecule has 1 unspecified atom stereocenters. The fourth-order valence-corrected chi connectivity index (χ4v) is 2.41. The first-order valence-electron chi connectivity index (χ1n) is 6.67. The highest BCUT2D eigenvalue weighted by Crippen LogP contribution is 2.22. The lowest BCUT2D eigenvalue weighted by Gasteiger charge is -2.23. The van der Waals surface area contributed by atoms with Gasteiger partial charge in [-0.15, -0.1) is 0 Å². The summed E-state index contributed by atoms with van der Waals surface area (Å²) < 4.78 is 10.8. The number of amides is 1. The minimum atomic E-state index is -0.0520. The Morgan fingerprint density at radius 1 is 1.42 bits per heavy atom. The number of hydrogen-bond donors (Lipinski definition) is 2. The second-order valence-corrected chi connectivity index (χ2v) is 4.83. The fraction of sp³-hybridized carbons (Fsp3) is 0.500. The van der Waals surface area contributed by atoms with Gasteiger partial charge in [-0.3, -0.25) is 4.79 Å². The molecule has 3 rings (SSSR count). The summed E-state index contributed by atoms with van der Waals surface area (Å²) in [5.74, 6) is -0.0520. The van der Waals surface area contributed by atoms with Gasteiger partial charge in [0.25, 0.3) is 5.91 Å². The van der Waals surface area contributed by atoms with E-state index >= 15 is 0 Å². The van der Waals surface area contributed by atoms with E-state index in [1.54, 1.807) is 0 Å². The van der Waals surface area contributed by atoms with Crippen molar-refractivity contribution in [2.24, 2.45) is 0 Å². The monoisotopic (exact) mass is 262 g/mol. The first kappa shape index (κ1) is 12.4. The van der Waals surface area contributed by atoms with E-state index in [4.69, 9.17) is 9.47 Å². The number of nitrogens with one attached hydrogen (secondary N) is 2. The summed E-state index contributed by atoms with van der Waals surface area (Å²) in [6.07, 6.45) is 0.949. The third kappa shape index (κ3) is 2.88. The molecule has 0 radical (unpaired) electrons. The zero-order valence-corrected chi connectivity index (χ0v) is 10.8. The van der Waals surface area contributed by atoms with E-state index in [-0.39, 0.29) is 12.0 Å². The summed E-state index contributed by atoms with van der Waals surface area (Å²) in [5, 5.41) is 6.18. The predicted molar refractivity (Wildman–Crippen MR) is 71.5 cm³/mol. The van der Waals surface area contributed by atoms with Crippen molar-refractivity contribution in [3.63, 3.8) is 0 Å². The minimum Gasteiger partial charge on any atom is -0.384 e. The molecular weight excluding hydrogens is 244 g/mol. The van der Waals surface area contributed by atoms with Crippen LogP contribution in [0.25, 0.3) is 0 Å². The van der Waals surface area contributed by atoms with Crippen molar-refractivity contribution in [3.8, 4) is 0 Å². The smallest absolute Gasteiger partial charge is 0.251 e. The quantitative estimate of drug-likeness (QED) is 0.846. The van der Waals surface area contributed by atoms with E-state index in [0.29, 0.717) is 31.9 Å². The third-order valence-corrected chi connectivity index (χ3v) is 3.45. The van der Waals surface area contributed by atoms with Gasteiger partial charge in [0, 0.05) is 24.3 Å². The maximum absolute atomic E-state index is 12.1. The van der Waals surface area contributed by atoms with Crippen LogP contribution in [0.15, 0.2) is 18.2 Å². The van der Waals surface area contributed by atoms with Crippen LogP contribution in [0.4, 0.5) is 5.69 Å². The highest BCUT2D eigenvalue weighted by Gasteiger charge is 2.17. The third-order valence-electron chi connectivity index (χ3n) is 3.45. The average molecular weight is 262 g/mol. The molecule has 0 aromatic heterocycles. The molecule has 2 aliphatic heterocycles. The number of benzene rings is 1. The molecule has 5 heteroatoms. The van der Waals surface area contributed by atoms with Gasteiger partial charge in [0.15, 0.2) is 0 Å². The van der Waals surface area contributed by atoms with Gasteiger partial charge < -0.3 is 20.1 Å². The van der Waals surface area contributed by atoms with Gasteiger partial charge in [0.2, 0.25) is 0 Å². The summed E-state index contributed by atoms with van der Waals surface area (Å²) in [5.41, 5.74) is 3.06. The molecule has 1 atom stereocenters. The Kier molecular flexibility index (Phi) is 3.66. The van der Waals surface area contributed by atoms with E-state index < -0.39 is 0 Å². The number of carbonyl (C=O) groups excluding carboxylic acids is 1. The molecule has 102 valence electrons. The first-order chi connectivity index (χ1) is 9.33. The van der Waals surface area contributed by atoms with Crippen molar-refractivity contribution in [2.45, 2.75) is 12.5 Å². The minimum absolute atomic E-state index is 0.0335. The zero-order chi connectivity index (χ0) is 13.1. The van der Waals surface area contributed by atoms with Gasteiger partial charge in [-0.25, -0.2) is 0 Å². The molecule has 5 nitrogen and oxygen atoms in total. The lowest BCUT2D eigenvalue weighted by atomic mass is 10.1. The highest BCUT2D eigenvalue weighted by molar-refractivity contribution is 5.95. The molecule has 1 aromatic carbocycles. The van der Waals surface area contributed by atoms with E-state index in [2.05, 4.69) is 10.6 Å².